The monoisotopic (exact) mass is 201 g/mol. The van der Waals surface area contributed by atoms with Crippen LogP contribution in [0.2, 0.25) is 0 Å². The lowest BCUT2D eigenvalue weighted by Crippen LogP contribution is -2.05. The van der Waals surface area contributed by atoms with Crippen molar-refractivity contribution in [3.63, 3.8) is 0 Å². The minimum absolute atomic E-state index is 0.0177. The second-order valence-electron chi connectivity index (χ2n) is 3.45. The maximum atomic E-state index is 11.0. The van der Waals surface area contributed by atoms with Crippen LogP contribution >= 0.6 is 0 Å². The number of pyridine rings is 1. The molecule has 0 amide bonds. The minimum atomic E-state index is -0.0177. The van der Waals surface area contributed by atoms with E-state index in [4.69, 9.17) is 0 Å². The zero-order valence-electron chi connectivity index (χ0n) is 8.18. The first-order valence-electron chi connectivity index (χ1n) is 4.80. The molecule has 0 saturated carbocycles. The summed E-state index contributed by atoms with van der Waals surface area (Å²) in [7, 11) is 0. The summed E-state index contributed by atoms with van der Waals surface area (Å²) in [6, 6.07) is 3.74. The molecule has 3 nitrogen and oxygen atoms in total. The number of hydrogen-bond acceptors (Lipinski definition) is 3. The molecule has 0 saturated heterocycles. The maximum absolute atomic E-state index is 11.0. The molecule has 1 aliphatic rings. The molecule has 1 aromatic heterocycles. The van der Waals surface area contributed by atoms with E-state index in [-0.39, 0.29) is 11.5 Å². The summed E-state index contributed by atoms with van der Waals surface area (Å²) < 4.78 is 0. The number of ketones is 1. The van der Waals surface area contributed by atoms with Crippen LogP contribution in [0.15, 0.2) is 41.9 Å². The highest BCUT2D eigenvalue weighted by molar-refractivity contribution is 5.92. The van der Waals surface area contributed by atoms with E-state index in [1.165, 1.54) is 6.08 Å². The number of aliphatic hydroxyl groups excluding tert-OH is 1. The van der Waals surface area contributed by atoms with Crippen LogP contribution in [-0.4, -0.2) is 15.9 Å². The van der Waals surface area contributed by atoms with Crippen LogP contribution in [0.25, 0.3) is 6.08 Å². The third kappa shape index (κ3) is 2.31. The van der Waals surface area contributed by atoms with E-state index in [9.17, 15) is 9.90 Å². The summed E-state index contributed by atoms with van der Waals surface area (Å²) in [5, 5.41) is 9.55. The number of allylic oxidation sites excluding steroid dienone is 2. The Morgan fingerprint density at radius 3 is 2.93 bits per heavy atom. The number of aliphatic hydroxyl groups is 1. The van der Waals surface area contributed by atoms with Crippen molar-refractivity contribution in [3.05, 3.63) is 47.5 Å². The zero-order chi connectivity index (χ0) is 10.7. The summed E-state index contributed by atoms with van der Waals surface area (Å²) in [4.78, 5) is 15.0. The molecule has 0 fully saturated rings. The molecule has 0 atom stereocenters. The van der Waals surface area contributed by atoms with E-state index in [1.54, 1.807) is 12.4 Å². The van der Waals surface area contributed by atoms with Gasteiger partial charge in [0.1, 0.15) is 5.76 Å². The Kier molecular flexibility index (Phi) is 2.63. The second kappa shape index (κ2) is 4.09. The predicted octanol–water partition coefficient (Wildman–Crippen LogP) is 2.27. The first-order valence-corrected chi connectivity index (χ1v) is 4.80. The molecule has 0 aliphatic heterocycles. The van der Waals surface area contributed by atoms with E-state index in [1.807, 2.05) is 18.2 Å². The molecule has 1 aromatic rings. The Labute approximate surface area is 87.8 Å². The molecule has 1 N–H and O–H groups in total. The lowest BCUT2D eigenvalue weighted by atomic mass is 9.97. The highest BCUT2D eigenvalue weighted by Gasteiger charge is 2.13. The fraction of sp³-hybridized carbons (Fsp3) is 0.167. The first-order chi connectivity index (χ1) is 7.25. The van der Waals surface area contributed by atoms with E-state index in [0.29, 0.717) is 12.8 Å². The zero-order valence-corrected chi connectivity index (χ0v) is 8.18. The van der Waals surface area contributed by atoms with Gasteiger partial charge >= 0.3 is 0 Å². The van der Waals surface area contributed by atoms with E-state index in [2.05, 4.69) is 4.98 Å². The van der Waals surface area contributed by atoms with Crippen LogP contribution in [0.5, 0.6) is 0 Å². The van der Waals surface area contributed by atoms with Gasteiger partial charge in [0.25, 0.3) is 0 Å². The molecule has 3 heteroatoms. The SMILES string of the molecule is O=C1C=C(O)/C(=C/c2cccnc2)CC1. The van der Waals surface area contributed by atoms with E-state index < -0.39 is 0 Å². The summed E-state index contributed by atoms with van der Waals surface area (Å²) in [6.45, 7) is 0. The molecule has 1 heterocycles. The predicted molar refractivity (Wildman–Crippen MR) is 57.2 cm³/mol. The number of carbonyl (C=O) groups is 1. The van der Waals surface area contributed by atoms with Gasteiger partial charge in [-0.1, -0.05) is 6.07 Å². The Morgan fingerprint density at radius 2 is 2.27 bits per heavy atom. The lowest BCUT2D eigenvalue weighted by Gasteiger charge is -2.10. The van der Waals surface area contributed by atoms with Gasteiger partial charge in [0.15, 0.2) is 5.78 Å². The average Bonchev–Trinajstić information content (AvgIpc) is 2.24. The van der Waals surface area contributed by atoms with Gasteiger partial charge in [0.2, 0.25) is 0 Å². The number of rotatable bonds is 1. The largest absolute Gasteiger partial charge is 0.508 e. The van der Waals surface area contributed by atoms with Crippen LogP contribution < -0.4 is 0 Å². The molecule has 0 aromatic carbocycles. The Hall–Kier alpha value is -1.90. The molecule has 0 unspecified atom stereocenters. The lowest BCUT2D eigenvalue weighted by molar-refractivity contribution is -0.114. The summed E-state index contributed by atoms with van der Waals surface area (Å²) in [5.41, 5.74) is 1.73. The van der Waals surface area contributed by atoms with Crippen molar-refractivity contribution >= 4 is 11.9 Å². The first kappa shape index (κ1) is 9.65. The van der Waals surface area contributed by atoms with Gasteiger partial charge in [-0.3, -0.25) is 9.78 Å². The third-order valence-electron chi connectivity index (χ3n) is 2.29. The van der Waals surface area contributed by atoms with Crippen LogP contribution in [0.3, 0.4) is 0 Å². The molecule has 0 bridgehead atoms. The molecule has 2 rings (SSSR count). The van der Waals surface area contributed by atoms with Crippen LogP contribution in [0, 0.1) is 0 Å². The van der Waals surface area contributed by atoms with Crippen LogP contribution in [0.1, 0.15) is 18.4 Å². The number of carbonyl (C=O) groups excluding carboxylic acids is 1. The standard InChI is InChI=1S/C12H11NO2/c14-11-4-3-10(12(15)7-11)6-9-2-1-5-13-8-9/h1-2,5-8,15H,3-4H2/b10-6+. The van der Waals surface area contributed by atoms with E-state index >= 15 is 0 Å². The van der Waals surface area contributed by atoms with Gasteiger partial charge in [0, 0.05) is 24.9 Å². The van der Waals surface area contributed by atoms with Crippen molar-refractivity contribution in [2.24, 2.45) is 0 Å². The average molecular weight is 201 g/mol. The molecule has 76 valence electrons. The van der Waals surface area contributed by atoms with E-state index in [0.717, 1.165) is 11.1 Å². The van der Waals surface area contributed by atoms with Gasteiger partial charge in [0.05, 0.1) is 0 Å². The molecule has 0 radical (unpaired) electrons. The van der Waals surface area contributed by atoms with Gasteiger partial charge in [-0.25, -0.2) is 0 Å². The fourth-order valence-electron chi connectivity index (χ4n) is 1.51. The third-order valence-corrected chi connectivity index (χ3v) is 2.29. The summed E-state index contributed by atoms with van der Waals surface area (Å²) >= 11 is 0. The molecule has 1 aliphatic carbocycles. The van der Waals surface area contributed by atoms with Crippen molar-refractivity contribution < 1.29 is 9.90 Å². The van der Waals surface area contributed by atoms with Gasteiger partial charge in [-0.2, -0.15) is 0 Å². The quantitative estimate of drug-likeness (QED) is 0.758. The Balaban J connectivity index is 2.29. The van der Waals surface area contributed by atoms with Crippen molar-refractivity contribution in [2.75, 3.05) is 0 Å². The molecule has 0 spiro atoms. The topological polar surface area (TPSA) is 50.2 Å². The second-order valence-corrected chi connectivity index (χ2v) is 3.45. The van der Waals surface area contributed by atoms with Gasteiger partial charge < -0.3 is 5.11 Å². The normalized spacial score (nSPS) is 19.1. The van der Waals surface area contributed by atoms with Crippen molar-refractivity contribution in [1.29, 1.82) is 0 Å². The Bertz CT molecular complexity index is 432. The smallest absolute Gasteiger partial charge is 0.159 e. The van der Waals surface area contributed by atoms with Crippen LogP contribution in [0.4, 0.5) is 0 Å². The maximum Gasteiger partial charge on any atom is 0.159 e. The summed E-state index contributed by atoms with van der Waals surface area (Å²) in [5.74, 6) is 0.0611. The van der Waals surface area contributed by atoms with Crippen LogP contribution in [-0.2, 0) is 4.79 Å². The molecular weight excluding hydrogens is 190 g/mol. The van der Waals surface area contributed by atoms with Crippen molar-refractivity contribution in [1.82, 2.24) is 4.98 Å². The minimum Gasteiger partial charge on any atom is -0.508 e. The number of nitrogens with zero attached hydrogens (tertiary/aromatic N) is 1. The number of hydrogen-bond donors (Lipinski definition) is 1. The van der Waals surface area contributed by atoms with Crippen molar-refractivity contribution in [3.8, 4) is 0 Å². The molecule has 15 heavy (non-hydrogen) atoms. The highest BCUT2D eigenvalue weighted by atomic mass is 16.3. The fourth-order valence-corrected chi connectivity index (χ4v) is 1.51. The van der Waals surface area contributed by atoms with Crippen molar-refractivity contribution in [2.45, 2.75) is 12.8 Å². The number of aromatic nitrogens is 1. The van der Waals surface area contributed by atoms with Gasteiger partial charge in [-0.05, 0) is 29.7 Å². The Morgan fingerprint density at radius 1 is 1.40 bits per heavy atom. The molecular formula is C12H11NO2. The van der Waals surface area contributed by atoms with Gasteiger partial charge in [-0.15, -0.1) is 0 Å². The summed E-state index contributed by atoms with van der Waals surface area (Å²) in [6.07, 6.45) is 7.61. The highest BCUT2D eigenvalue weighted by Crippen LogP contribution is 2.22.